The van der Waals surface area contributed by atoms with Crippen LogP contribution >= 0.6 is 0 Å². The van der Waals surface area contributed by atoms with Gasteiger partial charge in [-0.2, -0.15) is 0 Å². The Labute approximate surface area is 79.3 Å². The van der Waals surface area contributed by atoms with Gasteiger partial charge in [-0.05, 0) is 24.7 Å². The average molecular weight is 182 g/mol. The Kier molecular flexibility index (Phi) is 2.42. The van der Waals surface area contributed by atoms with E-state index in [0.717, 1.165) is 24.9 Å². The van der Waals surface area contributed by atoms with Crippen molar-refractivity contribution in [1.29, 1.82) is 0 Å². The third-order valence-electron chi connectivity index (χ3n) is 3.60. The first-order chi connectivity index (χ1) is 6.27. The Morgan fingerprint density at radius 2 is 1.85 bits per heavy atom. The molecular weight excluding hydrogens is 164 g/mol. The van der Waals surface area contributed by atoms with E-state index in [9.17, 15) is 4.79 Å². The molecule has 1 saturated carbocycles. The second-order valence-electron chi connectivity index (χ2n) is 4.38. The van der Waals surface area contributed by atoms with Crippen molar-refractivity contribution in [3.63, 3.8) is 0 Å². The molecule has 0 spiro atoms. The highest BCUT2D eigenvalue weighted by atomic mass is 16.2. The van der Waals surface area contributed by atoms with Crippen molar-refractivity contribution in [3.8, 4) is 0 Å². The van der Waals surface area contributed by atoms with Crippen LogP contribution in [0.3, 0.4) is 0 Å². The number of piperidine rings is 1. The third kappa shape index (κ3) is 1.79. The minimum absolute atomic E-state index is 0.232. The van der Waals surface area contributed by atoms with Crippen molar-refractivity contribution >= 4 is 6.03 Å². The van der Waals surface area contributed by atoms with Crippen LogP contribution in [0, 0.1) is 11.8 Å². The van der Waals surface area contributed by atoms with Gasteiger partial charge >= 0.3 is 6.03 Å². The van der Waals surface area contributed by atoms with Gasteiger partial charge in [-0.3, -0.25) is 0 Å². The summed E-state index contributed by atoms with van der Waals surface area (Å²) in [6.45, 7) is 1.80. The molecule has 1 heterocycles. The lowest BCUT2D eigenvalue weighted by atomic mass is 9.75. The van der Waals surface area contributed by atoms with Gasteiger partial charge in [0.2, 0.25) is 0 Å². The van der Waals surface area contributed by atoms with Crippen LogP contribution in [0.4, 0.5) is 4.79 Å². The molecule has 2 N–H and O–H groups in total. The highest BCUT2D eigenvalue weighted by molar-refractivity contribution is 5.72. The molecule has 3 nitrogen and oxygen atoms in total. The topological polar surface area (TPSA) is 46.3 Å². The molecule has 1 aliphatic carbocycles. The molecule has 2 aliphatic rings. The van der Waals surface area contributed by atoms with E-state index in [1.165, 1.54) is 32.1 Å². The number of carbonyl (C=O) groups excluding carboxylic acids is 1. The lowest BCUT2D eigenvalue weighted by molar-refractivity contribution is 0.106. The molecule has 1 aliphatic heterocycles. The molecular formula is C10H18N2O. The molecule has 2 atom stereocenters. The molecule has 0 aromatic rings. The average Bonchev–Trinajstić information content (AvgIpc) is 2.17. The van der Waals surface area contributed by atoms with Gasteiger partial charge in [0.25, 0.3) is 0 Å². The maximum absolute atomic E-state index is 11.0. The highest BCUT2D eigenvalue weighted by Crippen LogP contribution is 2.35. The fraction of sp³-hybridized carbons (Fsp3) is 0.900. The second-order valence-corrected chi connectivity index (χ2v) is 4.38. The van der Waals surface area contributed by atoms with E-state index in [1.54, 1.807) is 0 Å². The number of fused-ring (bicyclic) bond motifs is 1. The number of hydrogen-bond acceptors (Lipinski definition) is 1. The van der Waals surface area contributed by atoms with Gasteiger partial charge in [0.1, 0.15) is 0 Å². The fourth-order valence-corrected chi connectivity index (χ4v) is 2.80. The van der Waals surface area contributed by atoms with Gasteiger partial charge in [-0.1, -0.05) is 19.3 Å². The van der Waals surface area contributed by atoms with Crippen LogP contribution in [0.25, 0.3) is 0 Å². The van der Waals surface area contributed by atoms with Crippen LogP contribution in [0.2, 0.25) is 0 Å². The first-order valence-electron chi connectivity index (χ1n) is 5.32. The predicted octanol–water partition coefficient (Wildman–Crippen LogP) is 1.58. The number of carbonyl (C=O) groups is 1. The van der Waals surface area contributed by atoms with Crippen LogP contribution in [-0.2, 0) is 0 Å². The van der Waals surface area contributed by atoms with Crippen LogP contribution in [0.15, 0.2) is 0 Å². The van der Waals surface area contributed by atoms with Crippen molar-refractivity contribution in [3.05, 3.63) is 0 Å². The van der Waals surface area contributed by atoms with Crippen molar-refractivity contribution in [2.75, 3.05) is 13.1 Å². The van der Waals surface area contributed by atoms with Crippen LogP contribution < -0.4 is 5.73 Å². The zero-order valence-electron chi connectivity index (χ0n) is 8.04. The van der Waals surface area contributed by atoms with Crippen molar-refractivity contribution in [2.24, 2.45) is 17.6 Å². The van der Waals surface area contributed by atoms with E-state index >= 15 is 0 Å². The van der Waals surface area contributed by atoms with Gasteiger partial charge in [-0.25, -0.2) is 4.79 Å². The normalized spacial score (nSPS) is 34.0. The smallest absolute Gasteiger partial charge is 0.314 e. The number of likely N-dealkylation sites (tertiary alicyclic amines) is 1. The van der Waals surface area contributed by atoms with E-state index in [2.05, 4.69) is 0 Å². The summed E-state index contributed by atoms with van der Waals surface area (Å²) in [6, 6.07) is -0.232. The molecule has 0 radical (unpaired) electrons. The lowest BCUT2D eigenvalue weighted by Gasteiger charge is -2.40. The standard InChI is InChI=1S/C10H18N2O/c11-10(13)12-6-5-8-3-1-2-4-9(8)7-12/h8-9H,1-7H2,(H2,11,13). The minimum Gasteiger partial charge on any atom is -0.351 e. The molecule has 0 aromatic carbocycles. The minimum atomic E-state index is -0.232. The number of nitrogens with zero attached hydrogens (tertiary/aromatic N) is 1. The molecule has 2 rings (SSSR count). The van der Waals surface area contributed by atoms with Crippen molar-refractivity contribution < 1.29 is 4.79 Å². The number of amides is 2. The number of primary amides is 1. The summed E-state index contributed by atoms with van der Waals surface area (Å²) in [5.74, 6) is 1.62. The lowest BCUT2D eigenvalue weighted by Crippen LogP contribution is -2.46. The molecule has 0 bridgehead atoms. The van der Waals surface area contributed by atoms with Crippen molar-refractivity contribution in [2.45, 2.75) is 32.1 Å². The summed E-state index contributed by atoms with van der Waals surface area (Å²) in [5, 5.41) is 0. The number of urea groups is 1. The SMILES string of the molecule is NC(=O)N1CCC2CCCCC2C1. The molecule has 3 heteroatoms. The van der Waals surface area contributed by atoms with E-state index in [0.29, 0.717) is 0 Å². The van der Waals surface area contributed by atoms with E-state index in [1.807, 2.05) is 4.90 Å². The molecule has 2 fully saturated rings. The summed E-state index contributed by atoms with van der Waals surface area (Å²) in [7, 11) is 0. The largest absolute Gasteiger partial charge is 0.351 e. The van der Waals surface area contributed by atoms with Gasteiger partial charge in [0, 0.05) is 13.1 Å². The summed E-state index contributed by atoms with van der Waals surface area (Å²) in [6.07, 6.45) is 6.57. The summed E-state index contributed by atoms with van der Waals surface area (Å²) in [4.78, 5) is 12.8. The zero-order valence-corrected chi connectivity index (χ0v) is 8.04. The van der Waals surface area contributed by atoms with Gasteiger partial charge in [-0.15, -0.1) is 0 Å². The Hall–Kier alpha value is -0.730. The third-order valence-corrected chi connectivity index (χ3v) is 3.60. The first kappa shape index (κ1) is 8.85. The number of rotatable bonds is 0. The molecule has 2 amide bonds. The fourth-order valence-electron chi connectivity index (χ4n) is 2.80. The van der Waals surface area contributed by atoms with E-state index in [4.69, 9.17) is 5.73 Å². The zero-order chi connectivity index (χ0) is 9.26. The van der Waals surface area contributed by atoms with Crippen LogP contribution in [-0.4, -0.2) is 24.0 Å². The molecule has 74 valence electrons. The highest BCUT2D eigenvalue weighted by Gasteiger charge is 2.31. The van der Waals surface area contributed by atoms with Gasteiger partial charge in [0.05, 0.1) is 0 Å². The van der Waals surface area contributed by atoms with E-state index in [-0.39, 0.29) is 6.03 Å². The Balaban J connectivity index is 1.95. The summed E-state index contributed by atoms with van der Waals surface area (Å²) < 4.78 is 0. The van der Waals surface area contributed by atoms with Crippen molar-refractivity contribution in [1.82, 2.24) is 4.90 Å². The van der Waals surface area contributed by atoms with Gasteiger partial charge in [0.15, 0.2) is 0 Å². The molecule has 1 saturated heterocycles. The predicted molar refractivity (Wildman–Crippen MR) is 51.2 cm³/mol. The quantitative estimate of drug-likeness (QED) is 0.607. The Morgan fingerprint density at radius 1 is 1.15 bits per heavy atom. The Bertz CT molecular complexity index is 205. The second kappa shape index (κ2) is 3.56. The van der Waals surface area contributed by atoms with Crippen LogP contribution in [0.1, 0.15) is 32.1 Å². The van der Waals surface area contributed by atoms with Crippen LogP contribution in [0.5, 0.6) is 0 Å². The maximum Gasteiger partial charge on any atom is 0.314 e. The number of nitrogens with two attached hydrogens (primary N) is 1. The summed E-state index contributed by atoms with van der Waals surface area (Å²) >= 11 is 0. The molecule has 13 heavy (non-hydrogen) atoms. The Morgan fingerprint density at radius 3 is 2.54 bits per heavy atom. The maximum atomic E-state index is 11.0. The van der Waals surface area contributed by atoms with E-state index < -0.39 is 0 Å². The molecule has 2 unspecified atom stereocenters. The monoisotopic (exact) mass is 182 g/mol. The first-order valence-corrected chi connectivity index (χ1v) is 5.32. The summed E-state index contributed by atoms with van der Waals surface area (Å²) in [5.41, 5.74) is 5.28. The van der Waals surface area contributed by atoms with Gasteiger partial charge < -0.3 is 10.6 Å². The molecule has 0 aromatic heterocycles. The number of hydrogen-bond donors (Lipinski definition) is 1.